The van der Waals surface area contributed by atoms with Crippen molar-refractivity contribution in [3.05, 3.63) is 0 Å². The van der Waals surface area contributed by atoms with E-state index in [4.69, 9.17) is 37.0 Å². The molecule has 17 nitrogen and oxygen atoms in total. The smallest absolute Gasteiger partial charge is 0.462 e. The molecule has 0 aromatic rings. The van der Waals surface area contributed by atoms with Gasteiger partial charge in [0.1, 0.15) is 19.3 Å². The van der Waals surface area contributed by atoms with Crippen molar-refractivity contribution in [2.75, 3.05) is 39.6 Å². The number of aliphatic hydroxyl groups excluding tert-OH is 1. The number of unbranched alkanes of at least 4 members (excludes halogenated alkanes) is 51. The zero-order valence-electron chi connectivity index (χ0n) is 61.6. The van der Waals surface area contributed by atoms with E-state index in [0.29, 0.717) is 25.7 Å². The predicted octanol–water partition coefficient (Wildman–Crippen LogP) is 22.6. The zero-order valence-corrected chi connectivity index (χ0v) is 63.4. The van der Waals surface area contributed by atoms with E-state index in [2.05, 4.69) is 27.7 Å². The van der Waals surface area contributed by atoms with Crippen molar-refractivity contribution in [1.29, 1.82) is 0 Å². The number of rotatable bonds is 77. The second-order valence-corrected chi connectivity index (χ2v) is 30.3. The average molecular weight is 1400 g/mol. The summed E-state index contributed by atoms with van der Waals surface area (Å²) in [6, 6.07) is 0. The van der Waals surface area contributed by atoms with Crippen molar-refractivity contribution in [2.45, 2.75) is 425 Å². The van der Waals surface area contributed by atoms with Gasteiger partial charge in [0.15, 0.2) is 12.2 Å². The SMILES string of the molecule is CCCCCCCCCCCCCCCCCCCCCCCC(=O)O[C@H](COC(=O)CCCCCCCCCCCCCCCCCCCCCC)COP(=O)(O)OC[C@@H](O)COP(=O)(O)OC[C@@H](COC(=O)CCCCCCCCC)OC(=O)CCCCCCCCC. The van der Waals surface area contributed by atoms with Gasteiger partial charge in [0.25, 0.3) is 0 Å². The van der Waals surface area contributed by atoms with Gasteiger partial charge in [-0.2, -0.15) is 0 Å². The molecule has 5 atom stereocenters. The van der Waals surface area contributed by atoms with E-state index in [1.165, 1.54) is 212 Å². The fourth-order valence-electron chi connectivity index (χ4n) is 11.8. The van der Waals surface area contributed by atoms with Crippen molar-refractivity contribution in [1.82, 2.24) is 0 Å². The summed E-state index contributed by atoms with van der Waals surface area (Å²) in [7, 11) is -9.89. The lowest BCUT2D eigenvalue weighted by Crippen LogP contribution is -2.30. The summed E-state index contributed by atoms with van der Waals surface area (Å²) in [6.45, 7) is 4.89. The van der Waals surface area contributed by atoms with Gasteiger partial charge in [-0.15, -0.1) is 0 Å². The second-order valence-electron chi connectivity index (χ2n) is 27.4. The lowest BCUT2D eigenvalue weighted by molar-refractivity contribution is -0.161. The zero-order chi connectivity index (χ0) is 69.7. The van der Waals surface area contributed by atoms with E-state index < -0.39 is 97.5 Å². The molecule has 0 spiro atoms. The standard InChI is InChI=1S/C76H148O17P2/c1-5-9-13-17-21-23-25-27-29-31-33-35-37-39-41-43-45-47-51-55-59-63-76(81)93-72(67-87-74(79)61-57-53-50-46-44-42-40-38-36-34-32-30-28-26-24-22-18-14-10-6-2)69-91-95(84,85)89-65-70(77)64-88-94(82,83)90-68-71(92-75(80)62-58-54-49-20-16-12-8-4)66-86-73(78)60-56-52-48-19-15-11-7-3/h70-72,77H,5-69H2,1-4H3,(H,82,83)(H,84,85)/t70-,71+,72+/m0/s1. The molecule has 0 bridgehead atoms. The van der Waals surface area contributed by atoms with E-state index >= 15 is 0 Å². The molecule has 2 unspecified atom stereocenters. The molecule has 0 saturated heterocycles. The first-order valence-electron chi connectivity index (χ1n) is 39.8. The van der Waals surface area contributed by atoms with Gasteiger partial charge in [-0.1, -0.05) is 355 Å². The van der Waals surface area contributed by atoms with Crippen LogP contribution < -0.4 is 0 Å². The summed E-state index contributed by atoms with van der Waals surface area (Å²) in [6.07, 6.45) is 61.7. The van der Waals surface area contributed by atoms with Crippen LogP contribution in [0, 0.1) is 0 Å². The molecule has 95 heavy (non-hydrogen) atoms. The molecular formula is C76H148O17P2. The molecule has 0 aliphatic heterocycles. The Morgan fingerprint density at radius 1 is 0.253 bits per heavy atom. The third kappa shape index (κ3) is 70.3. The normalized spacial score (nSPS) is 13.9. The van der Waals surface area contributed by atoms with Gasteiger partial charge >= 0.3 is 39.5 Å². The Balaban J connectivity index is 5.09. The fraction of sp³-hybridized carbons (Fsp3) is 0.947. The third-order valence-electron chi connectivity index (χ3n) is 17.9. The molecule has 0 aliphatic carbocycles. The first-order valence-corrected chi connectivity index (χ1v) is 42.8. The number of carbonyl (C=O) groups excluding carboxylic acids is 4. The summed E-state index contributed by atoms with van der Waals surface area (Å²) < 4.78 is 68.2. The molecular weight excluding hydrogens is 1250 g/mol. The van der Waals surface area contributed by atoms with Crippen LogP contribution in [0.2, 0.25) is 0 Å². The fourth-order valence-corrected chi connectivity index (χ4v) is 13.3. The summed E-state index contributed by atoms with van der Waals surface area (Å²) >= 11 is 0. The van der Waals surface area contributed by atoms with Gasteiger partial charge in [-0.3, -0.25) is 37.3 Å². The molecule has 0 aliphatic rings. The van der Waals surface area contributed by atoms with E-state index in [0.717, 1.165) is 116 Å². The van der Waals surface area contributed by atoms with Gasteiger partial charge in [-0.25, -0.2) is 9.13 Å². The van der Waals surface area contributed by atoms with Crippen molar-refractivity contribution in [3.63, 3.8) is 0 Å². The maximum Gasteiger partial charge on any atom is 0.472 e. The lowest BCUT2D eigenvalue weighted by Gasteiger charge is -2.21. The predicted molar refractivity (Wildman–Crippen MR) is 386 cm³/mol. The Morgan fingerprint density at radius 2 is 0.421 bits per heavy atom. The van der Waals surface area contributed by atoms with Gasteiger partial charge in [-0.05, 0) is 25.7 Å². The number of phosphoric acid groups is 2. The Morgan fingerprint density at radius 3 is 0.621 bits per heavy atom. The van der Waals surface area contributed by atoms with Crippen LogP contribution in [-0.2, 0) is 65.4 Å². The summed E-state index contributed by atoms with van der Waals surface area (Å²) in [4.78, 5) is 72.4. The van der Waals surface area contributed by atoms with E-state index in [-0.39, 0.29) is 25.7 Å². The third-order valence-corrected chi connectivity index (χ3v) is 19.8. The Kier molecular flexibility index (Phi) is 69.1. The minimum atomic E-state index is -4.95. The quantitative estimate of drug-likeness (QED) is 0.0222. The van der Waals surface area contributed by atoms with Crippen molar-refractivity contribution in [3.8, 4) is 0 Å². The minimum absolute atomic E-state index is 0.104. The maximum atomic E-state index is 13.1. The van der Waals surface area contributed by atoms with Crippen LogP contribution in [0.5, 0.6) is 0 Å². The Labute approximate surface area is 581 Å². The van der Waals surface area contributed by atoms with Crippen LogP contribution in [0.4, 0.5) is 0 Å². The first-order chi connectivity index (χ1) is 46.2. The first kappa shape index (κ1) is 93.1. The van der Waals surface area contributed by atoms with E-state index in [9.17, 15) is 43.2 Å². The Hall–Kier alpha value is -1.94. The van der Waals surface area contributed by atoms with E-state index in [1.54, 1.807) is 0 Å². The topological polar surface area (TPSA) is 237 Å². The number of ether oxygens (including phenoxy) is 4. The monoisotopic (exact) mass is 1400 g/mol. The highest BCUT2D eigenvalue weighted by Crippen LogP contribution is 2.45. The van der Waals surface area contributed by atoms with Crippen LogP contribution in [0.3, 0.4) is 0 Å². The summed E-state index contributed by atoms with van der Waals surface area (Å²) in [5, 5.41) is 10.6. The molecule has 0 rings (SSSR count). The summed E-state index contributed by atoms with van der Waals surface area (Å²) in [5.41, 5.74) is 0. The number of carbonyl (C=O) groups is 4. The molecule has 564 valence electrons. The average Bonchev–Trinajstić information content (AvgIpc) is 1.71. The molecule has 0 radical (unpaired) electrons. The molecule has 0 aromatic heterocycles. The van der Waals surface area contributed by atoms with Crippen LogP contribution in [0.1, 0.15) is 407 Å². The minimum Gasteiger partial charge on any atom is -0.462 e. The number of esters is 4. The number of hydrogen-bond donors (Lipinski definition) is 3. The molecule has 0 fully saturated rings. The molecule has 3 N–H and O–H groups in total. The van der Waals surface area contributed by atoms with Gasteiger partial charge in [0, 0.05) is 25.7 Å². The van der Waals surface area contributed by atoms with Crippen LogP contribution in [0.15, 0.2) is 0 Å². The number of phosphoric ester groups is 2. The molecule has 0 heterocycles. The van der Waals surface area contributed by atoms with E-state index in [1.807, 2.05) is 0 Å². The van der Waals surface area contributed by atoms with Crippen LogP contribution in [-0.4, -0.2) is 96.7 Å². The highest BCUT2D eigenvalue weighted by molar-refractivity contribution is 7.47. The molecule has 0 aromatic carbocycles. The number of aliphatic hydroxyl groups is 1. The highest BCUT2D eigenvalue weighted by Gasteiger charge is 2.30. The number of hydrogen-bond acceptors (Lipinski definition) is 15. The Bertz CT molecular complexity index is 1810. The van der Waals surface area contributed by atoms with Crippen LogP contribution in [0.25, 0.3) is 0 Å². The van der Waals surface area contributed by atoms with Gasteiger partial charge in [0.2, 0.25) is 0 Å². The summed E-state index contributed by atoms with van der Waals surface area (Å²) in [5.74, 6) is -2.12. The van der Waals surface area contributed by atoms with Gasteiger partial charge in [0.05, 0.1) is 26.4 Å². The van der Waals surface area contributed by atoms with Crippen molar-refractivity contribution < 1.29 is 80.2 Å². The lowest BCUT2D eigenvalue weighted by atomic mass is 10.0. The largest absolute Gasteiger partial charge is 0.472 e. The highest BCUT2D eigenvalue weighted by atomic mass is 31.2. The molecule has 0 saturated carbocycles. The molecule has 19 heteroatoms. The second kappa shape index (κ2) is 70.5. The van der Waals surface area contributed by atoms with Gasteiger partial charge < -0.3 is 33.8 Å². The maximum absolute atomic E-state index is 13.1. The van der Waals surface area contributed by atoms with Crippen molar-refractivity contribution >= 4 is 39.5 Å². The molecule has 0 amide bonds. The van der Waals surface area contributed by atoms with Crippen LogP contribution >= 0.6 is 15.6 Å². The van der Waals surface area contributed by atoms with Crippen molar-refractivity contribution in [2.24, 2.45) is 0 Å².